The summed E-state index contributed by atoms with van der Waals surface area (Å²) in [6.07, 6.45) is 1.75. The minimum atomic E-state index is -1.12. The van der Waals surface area contributed by atoms with E-state index in [2.05, 4.69) is 10.3 Å². The number of benzene rings is 1. The van der Waals surface area contributed by atoms with Gasteiger partial charge in [0.25, 0.3) is 5.91 Å². The van der Waals surface area contributed by atoms with Gasteiger partial charge < -0.3 is 10.4 Å². The minimum Gasteiger partial charge on any atom is -0.479 e. The molecule has 6 nitrogen and oxygen atoms in total. The van der Waals surface area contributed by atoms with Crippen molar-refractivity contribution >= 4 is 17.5 Å². The summed E-state index contributed by atoms with van der Waals surface area (Å²) in [5, 5.41) is 12.1. The van der Waals surface area contributed by atoms with Gasteiger partial charge in [-0.2, -0.15) is 0 Å². The SMILES string of the molecule is Cc1nc2c(C)cccn2c1C(=O)NC(C(=O)O)c1ccccc1. The number of carbonyl (C=O) groups excluding carboxylic acids is 1. The number of nitrogens with zero attached hydrogens (tertiary/aromatic N) is 2. The third kappa shape index (κ3) is 2.74. The first-order valence-corrected chi connectivity index (χ1v) is 7.52. The van der Waals surface area contributed by atoms with Crippen molar-refractivity contribution in [2.75, 3.05) is 0 Å². The van der Waals surface area contributed by atoms with Crippen molar-refractivity contribution in [3.05, 3.63) is 71.2 Å². The average molecular weight is 323 g/mol. The van der Waals surface area contributed by atoms with Crippen LogP contribution in [0.5, 0.6) is 0 Å². The molecule has 3 aromatic rings. The lowest BCUT2D eigenvalue weighted by Crippen LogP contribution is -2.34. The summed E-state index contributed by atoms with van der Waals surface area (Å²) in [6.45, 7) is 3.65. The molecule has 2 aromatic heterocycles. The highest BCUT2D eigenvalue weighted by molar-refractivity contribution is 5.97. The molecule has 0 saturated carbocycles. The molecule has 1 atom stereocenters. The van der Waals surface area contributed by atoms with Crippen molar-refractivity contribution in [3.8, 4) is 0 Å². The van der Waals surface area contributed by atoms with Crippen LogP contribution in [0.3, 0.4) is 0 Å². The monoisotopic (exact) mass is 323 g/mol. The maximum atomic E-state index is 12.7. The smallest absolute Gasteiger partial charge is 0.330 e. The van der Waals surface area contributed by atoms with Crippen molar-refractivity contribution in [3.63, 3.8) is 0 Å². The van der Waals surface area contributed by atoms with Crippen LogP contribution < -0.4 is 5.32 Å². The second kappa shape index (κ2) is 6.16. The zero-order chi connectivity index (χ0) is 17.3. The minimum absolute atomic E-state index is 0.343. The number of aromatic nitrogens is 2. The lowest BCUT2D eigenvalue weighted by atomic mass is 10.1. The maximum absolute atomic E-state index is 12.7. The first-order valence-electron chi connectivity index (χ1n) is 7.52. The van der Waals surface area contributed by atoms with E-state index in [4.69, 9.17) is 0 Å². The number of amides is 1. The maximum Gasteiger partial charge on any atom is 0.330 e. The normalized spacial score (nSPS) is 12.1. The molecule has 1 aromatic carbocycles. The van der Waals surface area contributed by atoms with Crippen molar-refractivity contribution in [1.29, 1.82) is 0 Å². The molecule has 3 rings (SSSR count). The fraction of sp³-hybridized carbons (Fsp3) is 0.167. The van der Waals surface area contributed by atoms with Crippen LogP contribution in [0, 0.1) is 13.8 Å². The number of carboxylic acid groups (broad SMARTS) is 1. The highest BCUT2D eigenvalue weighted by Gasteiger charge is 2.25. The molecule has 0 saturated heterocycles. The molecular weight excluding hydrogens is 306 g/mol. The van der Waals surface area contributed by atoms with Gasteiger partial charge in [-0.05, 0) is 31.0 Å². The van der Waals surface area contributed by atoms with E-state index in [0.29, 0.717) is 22.6 Å². The summed E-state index contributed by atoms with van der Waals surface area (Å²) in [5.41, 5.74) is 3.04. The standard InChI is InChI=1S/C18H17N3O3/c1-11-7-6-10-21-15(12(2)19-16(11)21)17(22)20-14(18(23)24)13-8-4-3-5-9-13/h3-10,14H,1-2H3,(H,20,22)(H,23,24). The van der Waals surface area contributed by atoms with Gasteiger partial charge in [0.1, 0.15) is 11.3 Å². The third-order valence-electron chi connectivity index (χ3n) is 3.89. The second-order valence-corrected chi connectivity index (χ2v) is 5.59. The zero-order valence-electron chi connectivity index (χ0n) is 13.4. The van der Waals surface area contributed by atoms with Gasteiger partial charge in [-0.25, -0.2) is 9.78 Å². The molecule has 0 aliphatic rings. The quantitative estimate of drug-likeness (QED) is 0.773. The topological polar surface area (TPSA) is 83.7 Å². The lowest BCUT2D eigenvalue weighted by Gasteiger charge is -2.15. The molecule has 122 valence electrons. The highest BCUT2D eigenvalue weighted by Crippen LogP contribution is 2.18. The van der Waals surface area contributed by atoms with Crippen molar-refractivity contribution in [2.45, 2.75) is 19.9 Å². The molecule has 0 aliphatic heterocycles. The number of imidazole rings is 1. The van der Waals surface area contributed by atoms with Gasteiger partial charge >= 0.3 is 5.97 Å². The summed E-state index contributed by atoms with van der Waals surface area (Å²) >= 11 is 0. The predicted molar refractivity (Wildman–Crippen MR) is 89.0 cm³/mol. The Labute approximate surface area is 138 Å². The Kier molecular flexibility index (Phi) is 4.04. The van der Waals surface area contributed by atoms with Gasteiger partial charge in [0.05, 0.1) is 5.69 Å². The Morgan fingerprint density at radius 1 is 1.12 bits per heavy atom. The van der Waals surface area contributed by atoms with E-state index in [-0.39, 0.29) is 0 Å². The molecule has 2 N–H and O–H groups in total. The van der Waals surface area contributed by atoms with Crippen LogP contribution in [0.1, 0.15) is 33.4 Å². The fourth-order valence-corrected chi connectivity index (χ4v) is 2.72. The molecule has 6 heteroatoms. The summed E-state index contributed by atoms with van der Waals surface area (Å²) in [4.78, 5) is 28.7. The number of hydrogen-bond acceptors (Lipinski definition) is 3. The Bertz CT molecular complexity index is 916. The highest BCUT2D eigenvalue weighted by atomic mass is 16.4. The number of aliphatic carboxylic acids is 1. The lowest BCUT2D eigenvalue weighted by molar-refractivity contribution is -0.139. The molecule has 0 radical (unpaired) electrons. The molecule has 2 heterocycles. The van der Waals surface area contributed by atoms with Crippen molar-refractivity contribution < 1.29 is 14.7 Å². The Morgan fingerprint density at radius 3 is 2.50 bits per heavy atom. The fourth-order valence-electron chi connectivity index (χ4n) is 2.72. The largest absolute Gasteiger partial charge is 0.479 e. The number of carboxylic acids is 1. The summed E-state index contributed by atoms with van der Waals surface area (Å²) < 4.78 is 1.68. The molecule has 1 amide bonds. The van der Waals surface area contributed by atoms with E-state index in [9.17, 15) is 14.7 Å². The first-order chi connectivity index (χ1) is 11.5. The molecule has 0 bridgehead atoms. The molecular formula is C18H17N3O3. The zero-order valence-corrected chi connectivity index (χ0v) is 13.4. The number of hydrogen-bond donors (Lipinski definition) is 2. The second-order valence-electron chi connectivity index (χ2n) is 5.59. The number of rotatable bonds is 4. The van der Waals surface area contributed by atoms with Gasteiger partial charge in [0, 0.05) is 6.20 Å². The van der Waals surface area contributed by atoms with Crippen LogP contribution >= 0.6 is 0 Å². The predicted octanol–water partition coefficient (Wildman–Crippen LogP) is 2.51. The number of pyridine rings is 1. The molecule has 0 spiro atoms. The van der Waals surface area contributed by atoms with Gasteiger partial charge in [-0.3, -0.25) is 9.20 Å². The van der Waals surface area contributed by atoms with Crippen LogP contribution in [-0.4, -0.2) is 26.4 Å². The van der Waals surface area contributed by atoms with E-state index in [1.165, 1.54) is 0 Å². The van der Waals surface area contributed by atoms with E-state index < -0.39 is 17.9 Å². The average Bonchev–Trinajstić information content (AvgIpc) is 2.90. The van der Waals surface area contributed by atoms with Crippen LogP contribution in [0.15, 0.2) is 48.7 Å². The first kappa shape index (κ1) is 15.7. The van der Waals surface area contributed by atoms with Crippen LogP contribution in [-0.2, 0) is 4.79 Å². The summed E-state index contributed by atoms with van der Waals surface area (Å²) in [7, 11) is 0. The van der Waals surface area contributed by atoms with Crippen LogP contribution in [0.25, 0.3) is 5.65 Å². The number of aryl methyl sites for hydroxylation is 2. The van der Waals surface area contributed by atoms with E-state index in [0.717, 1.165) is 5.56 Å². The number of nitrogens with one attached hydrogen (secondary N) is 1. The summed E-state index contributed by atoms with van der Waals surface area (Å²) in [5.74, 6) is -1.58. The van der Waals surface area contributed by atoms with E-state index >= 15 is 0 Å². The molecule has 0 aliphatic carbocycles. The van der Waals surface area contributed by atoms with Crippen molar-refractivity contribution in [2.24, 2.45) is 0 Å². The van der Waals surface area contributed by atoms with Gasteiger partial charge in [0.15, 0.2) is 6.04 Å². The third-order valence-corrected chi connectivity index (χ3v) is 3.89. The molecule has 0 fully saturated rings. The summed E-state index contributed by atoms with van der Waals surface area (Å²) in [6, 6.07) is 11.2. The van der Waals surface area contributed by atoms with Crippen LogP contribution in [0.4, 0.5) is 0 Å². The Hall–Kier alpha value is -3.15. The van der Waals surface area contributed by atoms with Crippen LogP contribution in [0.2, 0.25) is 0 Å². The van der Waals surface area contributed by atoms with Gasteiger partial charge in [-0.1, -0.05) is 36.4 Å². The van der Waals surface area contributed by atoms with E-state index in [1.54, 1.807) is 47.9 Å². The van der Waals surface area contributed by atoms with Gasteiger partial charge in [0.2, 0.25) is 0 Å². The molecule has 1 unspecified atom stereocenters. The van der Waals surface area contributed by atoms with E-state index in [1.807, 2.05) is 19.1 Å². The van der Waals surface area contributed by atoms with Crippen molar-refractivity contribution in [1.82, 2.24) is 14.7 Å². The van der Waals surface area contributed by atoms with Gasteiger partial charge in [-0.15, -0.1) is 0 Å². The Morgan fingerprint density at radius 2 is 1.83 bits per heavy atom. The number of carbonyl (C=O) groups is 2. The Balaban J connectivity index is 1.99. The number of fused-ring (bicyclic) bond motifs is 1. The molecule has 24 heavy (non-hydrogen) atoms.